The van der Waals surface area contributed by atoms with Crippen molar-refractivity contribution in [2.75, 3.05) is 0 Å². The summed E-state index contributed by atoms with van der Waals surface area (Å²) in [5.41, 5.74) is 3.46. The summed E-state index contributed by atoms with van der Waals surface area (Å²) in [4.78, 5) is 4.64. The van der Waals surface area contributed by atoms with Gasteiger partial charge in [0.15, 0.2) is 0 Å². The Balaban J connectivity index is 1.61. The second kappa shape index (κ2) is 7.25. The molecule has 27 heavy (non-hydrogen) atoms. The third-order valence-corrected chi connectivity index (χ3v) is 4.56. The summed E-state index contributed by atoms with van der Waals surface area (Å²) in [7, 11) is 0. The van der Waals surface area contributed by atoms with Gasteiger partial charge in [-0.15, -0.1) is 0 Å². The van der Waals surface area contributed by atoms with E-state index < -0.39 is 6.10 Å². The van der Waals surface area contributed by atoms with Gasteiger partial charge in [0.25, 0.3) is 0 Å². The molecule has 4 aromatic rings. The van der Waals surface area contributed by atoms with Crippen molar-refractivity contribution < 1.29 is 13.9 Å². The first-order chi connectivity index (χ1) is 13.1. The molecule has 2 aromatic carbocycles. The van der Waals surface area contributed by atoms with Gasteiger partial charge in [0, 0.05) is 10.9 Å². The quantitative estimate of drug-likeness (QED) is 0.471. The summed E-state index contributed by atoms with van der Waals surface area (Å²) in [6, 6.07) is 17.6. The largest absolute Gasteiger partial charge is 0.461 e. The van der Waals surface area contributed by atoms with Crippen molar-refractivity contribution in [2.45, 2.75) is 26.4 Å². The van der Waals surface area contributed by atoms with Crippen LogP contribution in [-0.2, 0) is 6.42 Å². The van der Waals surface area contributed by atoms with Gasteiger partial charge < -0.3 is 13.9 Å². The van der Waals surface area contributed by atoms with E-state index in [4.69, 9.17) is 8.83 Å². The fourth-order valence-electron chi connectivity index (χ4n) is 3.14. The van der Waals surface area contributed by atoms with Crippen LogP contribution in [0, 0.1) is 6.92 Å². The van der Waals surface area contributed by atoms with Crippen LogP contribution in [0.1, 0.15) is 35.8 Å². The van der Waals surface area contributed by atoms with Crippen molar-refractivity contribution in [1.82, 2.24) is 4.98 Å². The number of hydrogen-bond acceptors (Lipinski definition) is 4. The molecule has 0 aliphatic rings. The Morgan fingerprint density at radius 1 is 1.07 bits per heavy atom. The van der Waals surface area contributed by atoms with Gasteiger partial charge in [-0.1, -0.05) is 36.4 Å². The van der Waals surface area contributed by atoms with Crippen molar-refractivity contribution in [2.24, 2.45) is 0 Å². The summed E-state index contributed by atoms with van der Waals surface area (Å²) in [6.45, 7) is 3.81. The highest BCUT2D eigenvalue weighted by Crippen LogP contribution is 2.27. The molecule has 0 aliphatic heterocycles. The van der Waals surface area contributed by atoms with Gasteiger partial charge in [-0.05, 0) is 49.7 Å². The smallest absolute Gasteiger partial charge is 0.226 e. The van der Waals surface area contributed by atoms with Crippen molar-refractivity contribution in [3.63, 3.8) is 0 Å². The molecule has 0 aliphatic carbocycles. The van der Waals surface area contributed by atoms with Crippen LogP contribution in [0.2, 0.25) is 0 Å². The number of benzene rings is 2. The average Bonchev–Trinajstić information content (AvgIpc) is 3.25. The molecule has 4 rings (SSSR count). The number of aromatic nitrogens is 1. The zero-order valence-corrected chi connectivity index (χ0v) is 15.3. The van der Waals surface area contributed by atoms with Gasteiger partial charge in [-0.2, -0.15) is 0 Å². The van der Waals surface area contributed by atoms with Crippen LogP contribution in [0.4, 0.5) is 0 Å². The Morgan fingerprint density at radius 2 is 1.89 bits per heavy atom. The predicted molar refractivity (Wildman–Crippen MR) is 105 cm³/mol. The lowest BCUT2D eigenvalue weighted by Crippen LogP contribution is -1.91. The molecule has 0 saturated heterocycles. The van der Waals surface area contributed by atoms with E-state index in [1.165, 1.54) is 0 Å². The minimum Gasteiger partial charge on any atom is -0.461 e. The number of oxazole rings is 1. The Hall–Kier alpha value is -3.11. The molecule has 0 spiro atoms. The zero-order chi connectivity index (χ0) is 18.8. The average molecular weight is 359 g/mol. The lowest BCUT2D eigenvalue weighted by Gasteiger charge is -2.04. The third-order valence-electron chi connectivity index (χ3n) is 4.56. The van der Waals surface area contributed by atoms with Gasteiger partial charge in [0.1, 0.15) is 17.1 Å². The lowest BCUT2D eigenvalue weighted by molar-refractivity contribution is 0.228. The summed E-state index contributed by atoms with van der Waals surface area (Å²) >= 11 is 0. The van der Waals surface area contributed by atoms with Crippen molar-refractivity contribution in [3.8, 4) is 11.5 Å². The summed E-state index contributed by atoms with van der Waals surface area (Å²) in [5, 5.41) is 11.1. The maximum Gasteiger partial charge on any atom is 0.226 e. The molecule has 2 heterocycles. The molecular formula is C23H21NO3. The number of aliphatic hydroxyl groups is 1. The first-order valence-electron chi connectivity index (χ1n) is 8.99. The lowest BCUT2D eigenvalue weighted by atomic mass is 10.1. The maximum atomic E-state index is 10.1. The monoisotopic (exact) mass is 359 g/mol. The number of hydrogen-bond donors (Lipinski definition) is 1. The van der Waals surface area contributed by atoms with E-state index in [2.05, 4.69) is 4.98 Å². The zero-order valence-electron chi connectivity index (χ0n) is 15.3. The molecule has 4 nitrogen and oxygen atoms in total. The highest BCUT2D eigenvalue weighted by atomic mass is 16.4. The molecule has 1 atom stereocenters. The normalized spacial score (nSPS) is 12.9. The van der Waals surface area contributed by atoms with Crippen molar-refractivity contribution >= 4 is 11.0 Å². The predicted octanol–water partition coefficient (Wildman–Crippen LogP) is 5.60. The maximum absolute atomic E-state index is 10.1. The summed E-state index contributed by atoms with van der Waals surface area (Å²) in [6.07, 6.45) is 3.55. The standard InChI is InChI=1S/C23H21NO3/c1-3-7-21(25)17-10-11-22-18(12-17)13-19(27-22)14-20-15(2)26-23(24-20)16-8-5-4-6-9-16/h3-13,21,25H,14H2,1-2H3. The van der Waals surface area contributed by atoms with E-state index in [9.17, 15) is 5.11 Å². The summed E-state index contributed by atoms with van der Waals surface area (Å²) in [5.74, 6) is 2.23. The van der Waals surface area contributed by atoms with E-state index in [1.807, 2.05) is 74.5 Å². The molecule has 2 aromatic heterocycles. The Bertz CT molecular complexity index is 1090. The highest BCUT2D eigenvalue weighted by molar-refractivity contribution is 5.79. The first-order valence-corrected chi connectivity index (χ1v) is 8.99. The van der Waals surface area contributed by atoms with Gasteiger partial charge in [-0.3, -0.25) is 0 Å². The molecule has 0 fully saturated rings. The van der Waals surface area contributed by atoms with Gasteiger partial charge in [0.05, 0.1) is 18.2 Å². The molecule has 136 valence electrons. The van der Waals surface area contributed by atoms with E-state index in [0.717, 1.165) is 39.3 Å². The van der Waals surface area contributed by atoms with Gasteiger partial charge in [-0.25, -0.2) is 4.98 Å². The van der Waals surface area contributed by atoms with E-state index >= 15 is 0 Å². The molecule has 0 radical (unpaired) electrons. The van der Waals surface area contributed by atoms with Crippen LogP contribution < -0.4 is 0 Å². The molecule has 1 unspecified atom stereocenters. The first kappa shape index (κ1) is 17.3. The Morgan fingerprint density at radius 3 is 2.67 bits per heavy atom. The van der Waals surface area contributed by atoms with Crippen LogP contribution in [0.15, 0.2) is 75.6 Å². The number of nitrogens with zero attached hydrogens (tertiary/aromatic N) is 1. The number of aryl methyl sites for hydroxylation is 1. The van der Waals surface area contributed by atoms with Crippen molar-refractivity contribution in [3.05, 3.63) is 89.5 Å². The molecule has 4 heteroatoms. The molecule has 0 bridgehead atoms. The number of allylic oxidation sites excluding steroid dienone is 1. The Kier molecular flexibility index (Phi) is 4.65. The van der Waals surface area contributed by atoms with Crippen LogP contribution in [-0.4, -0.2) is 10.1 Å². The van der Waals surface area contributed by atoms with Crippen LogP contribution >= 0.6 is 0 Å². The SMILES string of the molecule is CC=CC(O)c1ccc2oc(Cc3nc(-c4ccccc4)oc3C)cc2c1. The van der Waals surface area contributed by atoms with E-state index in [0.29, 0.717) is 12.3 Å². The second-order valence-corrected chi connectivity index (χ2v) is 6.55. The second-order valence-electron chi connectivity index (χ2n) is 6.55. The molecule has 0 saturated carbocycles. The van der Waals surface area contributed by atoms with Crippen molar-refractivity contribution in [1.29, 1.82) is 0 Å². The fraction of sp³-hybridized carbons (Fsp3) is 0.174. The topological polar surface area (TPSA) is 59.4 Å². The van der Waals surface area contributed by atoms with Gasteiger partial charge in [0.2, 0.25) is 5.89 Å². The van der Waals surface area contributed by atoms with Gasteiger partial charge >= 0.3 is 0 Å². The highest BCUT2D eigenvalue weighted by Gasteiger charge is 2.15. The number of rotatable bonds is 5. The fourth-order valence-corrected chi connectivity index (χ4v) is 3.14. The van der Waals surface area contributed by atoms with E-state index in [1.54, 1.807) is 6.08 Å². The third kappa shape index (κ3) is 3.57. The summed E-state index contributed by atoms with van der Waals surface area (Å²) < 4.78 is 11.8. The minimum atomic E-state index is -0.607. The molecule has 1 N–H and O–H groups in total. The van der Waals surface area contributed by atoms with Crippen LogP contribution in [0.25, 0.3) is 22.4 Å². The Labute approximate surface area is 157 Å². The molecular weight excluding hydrogens is 338 g/mol. The van der Waals surface area contributed by atoms with E-state index in [-0.39, 0.29) is 0 Å². The van der Waals surface area contributed by atoms with Crippen LogP contribution in [0.3, 0.4) is 0 Å². The number of fused-ring (bicyclic) bond motifs is 1. The minimum absolute atomic E-state index is 0.559. The number of furan rings is 1. The molecule has 0 amide bonds. The van der Waals surface area contributed by atoms with Crippen LogP contribution in [0.5, 0.6) is 0 Å². The number of aliphatic hydroxyl groups excluding tert-OH is 1.